The Hall–Kier alpha value is -2.46. The van der Waals surface area contributed by atoms with Crippen molar-refractivity contribution in [2.75, 3.05) is 19.4 Å². The van der Waals surface area contributed by atoms with Crippen LogP contribution in [0.4, 0.5) is 0 Å². The minimum absolute atomic E-state index is 0.176. The summed E-state index contributed by atoms with van der Waals surface area (Å²) in [5.74, 6) is -0.298. The molecule has 0 saturated heterocycles. The fraction of sp³-hybridized carbons (Fsp3) is 0.409. The second kappa shape index (κ2) is 13.8. The highest BCUT2D eigenvalue weighted by Crippen LogP contribution is 2.19. The maximum absolute atomic E-state index is 13.0. The van der Waals surface area contributed by atoms with Crippen LogP contribution in [0.25, 0.3) is 0 Å². The average Bonchev–Trinajstić information content (AvgIpc) is 2.81. The standard InChI is InChI=1S/C22H27BrN4O4S/c1-3-12-32-22-25-14-16(23)19(27-22)21(30)26-17(13-15-8-5-4-6-9-15)20(29)24-11-7-10-18(28)31-2/h4-6,8-9,14,17H,3,7,10-13H2,1-2H3,(H,24,29)(H,26,30)/t17-/m0/s1. The van der Waals surface area contributed by atoms with Crippen LogP contribution in [0.5, 0.6) is 0 Å². The number of aromatic nitrogens is 2. The molecule has 1 heterocycles. The molecule has 0 saturated carbocycles. The molecule has 1 aromatic carbocycles. The van der Waals surface area contributed by atoms with Gasteiger partial charge < -0.3 is 15.4 Å². The number of halogens is 1. The molecule has 2 N–H and O–H groups in total. The molecular weight excluding hydrogens is 496 g/mol. The van der Waals surface area contributed by atoms with Gasteiger partial charge in [0, 0.05) is 31.3 Å². The minimum atomic E-state index is -0.809. The van der Waals surface area contributed by atoms with E-state index in [9.17, 15) is 14.4 Å². The molecule has 0 radical (unpaired) electrons. The molecule has 10 heteroatoms. The molecule has 172 valence electrons. The summed E-state index contributed by atoms with van der Waals surface area (Å²) >= 11 is 4.79. The van der Waals surface area contributed by atoms with E-state index in [1.165, 1.54) is 18.9 Å². The molecule has 0 aliphatic carbocycles. The predicted octanol–water partition coefficient (Wildman–Crippen LogP) is 3.15. The van der Waals surface area contributed by atoms with Gasteiger partial charge in [-0.3, -0.25) is 14.4 Å². The van der Waals surface area contributed by atoms with Crippen molar-refractivity contribution < 1.29 is 19.1 Å². The van der Waals surface area contributed by atoms with Gasteiger partial charge in [0.2, 0.25) is 5.91 Å². The molecule has 32 heavy (non-hydrogen) atoms. The summed E-state index contributed by atoms with van der Waals surface area (Å²) in [7, 11) is 1.32. The van der Waals surface area contributed by atoms with Crippen LogP contribution in [0.1, 0.15) is 42.2 Å². The fourth-order valence-electron chi connectivity index (χ4n) is 2.73. The van der Waals surface area contributed by atoms with Gasteiger partial charge in [-0.1, -0.05) is 49.0 Å². The van der Waals surface area contributed by atoms with Crippen molar-refractivity contribution in [2.24, 2.45) is 0 Å². The Morgan fingerprint density at radius 3 is 2.66 bits per heavy atom. The third-order valence-corrected chi connectivity index (χ3v) is 6.01. The number of hydrogen-bond donors (Lipinski definition) is 2. The van der Waals surface area contributed by atoms with E-state index < -0.39 is 11.9 Å². The molecule has 2 aromatic rings. The quantitative estimate of drug-likeness (QED) is 0.190. The van der Waals surface area contributed by atoms with Crippen LogP contribution in [0.2, 0.25) is 0 Å². The van der Waals surface area contributed by atoms with E-state index in [0.717, 1.165) is 17.7 Å². The second-order valence-electron chi connectivity index (χ2n) is 6.88. The topological polar surface area (TPSA) is 110 Å². The lowest BCUT2D eigenvalue weighted by molar-refractivity contribution is -0.140. The largest absolute Gasteiger partial charge is 0.469 e. The maximum atomic E-state index is 13.0. The normalized spacial score (nSPS) is 11.5. The van der Waals surface area contributed by atoms with Gasteiger partial charge in [-0.15, -0.1) is 0 Å². The molecular formula is C22H27BrN4O4S. The predicted molar refractivity (Wildman–Crippen MR) is 126 cm³/mol. The molecule has 0 aliphatic rings. The molecule has 0 fully saturated rings. The van der Waals surface area contributed by atoms with E-state index in [-0.39, 0.29) is 24.0 Å². The zero-order valence-electron chi connectivity index (χ0n) is 18.1. The number of thioether (sulfide) groups is 1. The third-order valence-electron chi connectivity index (χ3n) is 4.36. The number of ether oxygens (including phenoxy) is 1. The summed E-state index contributed by atoms with van der Waals surface area (Å²) in [5.41, 5.74) is 1.08. The van der Waals surface area contributed by atoms with E-state index in [0.29, 0.717) is 29.0 Å². The molecule has 0 aliphatic heterocycles. The zero-order chi connectivity index (χ0) is 23.3. The van der Waals surface area contributed by atoms with E-state index in [4.69, 9.17) is 0 Å². The SMILES string of the molecule is CCCSc1ncc(Br)c(C(=O)N[C@@H](Cc2ccccc2)C(=O)NCCCC(=O)OC)n1. The van der Waals surface area contributed by atoms with E-state index >= 15 is 0 Å². The fourth-order valence-corrected chi connectivity index (χ4v) is 3.77. The Balaban J connectivity index is 2.10. The first-order valence-corrected chi connectivity index (χ1v) is 12.1. The number of nitrogens with one attached hydrogen (secondary N) is 2. The van der Waals surface area contributed by atoms with Gasteiger partial charge in [0.25, 0.3) is 5.91 Å². The van der Waals surface area contributed by atoms with Gasteiger partial charge in [-0.05, 0) is 34.3 Å². The van der Waals surface area contributed by atoms with Crippen LogP contribution in [0.15, 0.2) is 46.2 Å². The highest BCUT2D eigenvalue weighted by Gasteiger charge is 2.24. The first-order chi connectivity index (χ1) is 15.4. The Bertz CT molecular complexity index is 914. The van der Waals surface area contributed by atoms with Crippen molar-refractivity contribution >= 4 is 45.5 Å². The lowest BCUT2D eigenvalue weighted by Crippen LogP contribution is -2.48. The van der Waals surface area contributed by atoms with Crippen LogP contribution in [-0.2, 0) is 20.7 Å². The summed E-state index contributed by atoms with van der Waals surface area (Å²) in [6, 6.07) is 8.61. The van der Waals surface area contributed by atoms with E-state index in [1.54, 1.807) is 6.20 Å². The number of nitrogens with zero attached hydrogens (tertiary/aromatic N) is 2. The Kier molecular flexibility index (Phi) is 11.2. The third kappa shape index (κ3) is 8.58. The maximum Gasteiger partial charge on any atom is 0.305 e. The van der Waals surface area contributed by atoms with Gasteiger partial charge in [0.05, 0.1) is 11.6 Å². The first kappa shape index (κ1) is 25.8. The van der Waals surface area contributed by atoms with Crippen LogP contribution in [0.3, 0.4) is 0 Å². The Morgan fingerprint density at radius 2 is 1.97 bits per heavy atom. The van der Waals surface area contributed by atoms with Gasteiger partial charge in [0.1, 0.15) is 11.7 Å². The van der Waals surface area contributed by atoms with Crippen LogP contribution in [0, 0.1) is 0 Å². The van der Waals surface area contributed by atoms with Gasteiger partial charge >= 0.3 is 5.97 Å². The highest BCUT2D eigenvalue weighted by molar-refractivity contribution is 9.10. The number of rotatable bonds is 12. The van der Waals surface area contributed by atoms with Crippen molar-refractivity contribution in [3.8, 4) is 0 Å². The molecule has 1 aromatic heterocycles. The second-order valence-corrected chi connectivity index (χ2v) is 8.80. The van der Waals surface area contributed by atoms with Crippen molar-refractivity contribution in [3.05, 3.63) is 52.3 Å². The molecule has 0 spiro atoms. The average molecular weight is 523 g/mol. The van der Waals surface area contributed by atoms with Crippen molar-refractivity contribution in [1.82, 2.24) is 20.6 Å². The number of carbonyl (C=O) groups excluding carboxylic acids is 3. The Morgan fingerprint density at radius 1 is 1.22 bits per heavy atom. The number of carbonyl (C=O) groups is 3. The van der Waals surface area contributed by atoms with Gasteiger partial charge in [-0.2, -0.15) is 0 Å². The molecule has 2 amide bonds. The lowest BCUT2D eigenvalue weighted by Gasteiger charge is -2.19. The smallest absolute Gasteiger partial charge is 0.305 e. The minimum Gasteiger partial charge on any atom is -0.469 e. The van der Waals surface area contributed by atoms with Gasteiger partial charge in [-0.25, -0.2) is 9.97 Å². The van der Waals surface area contributed by atoms with E-state index in [1.807, 2.05) is 30.3 Å². The summed E-state index contributed by atoms with van der Waals surface area (Å²) in [4.78, 5) is 45.6. The molecule has 2 rings (SSSR count). The lowest BCUT2D eigenvalue weighted by atomic mass is 10.0. The Labute approximate surface area is 200 Å². The van der Waals surface area contributed by atoms with Crippen molar-refractivity contribution in [1.29, 1.82) is 0 Å². The van der Waals surface area contributed by atoms with Crippen LogP contribution >= 0.6 is 27.7 Å². The van der Waals surface area contributed by atoms with Crippen LogP contribution in [-0.4, -0.2) is 53.2 Å². The number of amides is 2. The zero-order valence-corrected chi connectivity index (χ0v) is 20.5. The summed E-state index contributed by atoms with van der Waals surface area (Å²) in [5, 5.41) is 6.08. The van der Waals surface area contributed by atoms with Crippen LogP contribution < -0.4 is 10.6 Å². The molecule has 1 atom stereocenters. The first-order valence-electron chi connectivity index (χ1n) is 10.3. The summed E-state index contributed by atoms with van der Waals surface area (Å²) < 4.78 is 5.06. The monoisotopic (exact) mass is 522 g/mol. The molecule has 8 nitrogen and oxygen atoms in total. The number of methoxy groups -OCH3 is 1. The number of esters is 1. The van der Waals surface area contributed by atoms with Crippen molar-refractivity contribution in [3.63, 3.8) is 0 Å². The number of hydrogen-bond acceptors (Lipinski definition) is 7. The summed E-state index contributed by atoms with van der Waals surface area (Å²) in [6.07, 6.45) is 3.47. The molecule has 0 unspecified atom stereocenters. The highest BCUT2D eigenvalue weighted by atomic mass is 79.9. The number of benzene rings is 1. The summed E-state index contributed by atoms with van der Waals surface area (Å²) in [6.45, 7) is 2.35. The van der Waals surface area contributed by atoms with E-state index in [2.05, 4.69) is 48.2 Å². The molecule has 0 bridgehead atoms. The van der Waals surface area contributed by atoms with Crippen molar-refractivity contribution in [2.45, 2.75) is 43.8 Å². The van der Waals surface area contributed by atoms with Gasteiger partial charge in [0.15, 0.2) is 5.16 Å².